The van der Waals surface area contributed by atoms with Crippen molar-refractivity contribution in [3.05, 3.63) is 81.8 Å². The lowest BCUT2D eigenvalue weighted by atomic mass is 10.1. The number of nitrogens with one attached hydrogen (secondary N) is 1. The Balaban J connectivity index is 1.61. The van der Waals surface area contributed by atoms with E-state index in [0.29, 0.717) is 24.8 Å². The van der Waals surface area contributed by atoms with E-state index in [1.165, 1.54) is 17.3 Å². The van der Waals surface area contributed by atoms with Crippen molar-refractivity contribution >= 4 is 17.7 Å². The second-order valence-corrected chi connectivity index (χ2v) is 8.23. The SMILES string of the molecule is CCCN(Cc1ccc(C)cc1)C(=O)CSc1n[nH]c(=O)n1CCc1ccccc1. The Labute approximate surface area is 181 Å². The van der Waals surface area contributed by atoms with Crippen molar-refractivity contribution in [3.63, 3.8) is 0 Å². The van der Waals surface area contributed by atoms with E-state index in [1.807, 2.05) is 35.2 Å². The van der Waals surface area contributed by atoms with Crippen molar-refractivity contribution in [2.45, 2.75) is 44.9 Å². The highest BCUT2D eigenvalue weighted by atomic mass is 32.2. The highest BCUT2D eigenvalue weighted by Gasteiger charge is 2.16. The Kier molecular flexibility index (Phi) is 7.90. The molecule has 2 aromatic carbocycles. The zero-order chi connectivity index (χ0) is 21.3. The maximum absolute atomic E-state index is 12.9. The molecule has 0 bridgehead atoms. The topological polar surface area (TPSA) is 71.0 Å². The van der Waals surface area contributed by atoms with E-state index in [1.54, 1.807) is 4.57 Å². The number of carbonyl (C=O) groups excluding carboxylic acids is 1. The van der Waals surface area contributed by atoms with Crippen LogP contribution in [0.15, 0.2) is 64.5 Å². The summed E-state index contributed by atoms with van der Waals surface area (Å²) in [7, 11) is 0. The van der Waals surface area contributed by atoms with Crippen LogP contribution in [0.25, 0.3) is 0 Å². The lowest BCUT2D eigenvalue weighted by Crippen LogP contribution is -2.32. The van der Waals surface area contributed by atoms with Gasteiger partial charge in [-0.3, -0.25) is 9.36 Å². The van der Waals surface area contributed by atoms with Crippen LogP contribution in [0.2, 0.25) is 0 Å². The van der Waals surface area contributed by atoms with Gasteiger partial charge in [-0.05, 0) is 30.9 Å². The molecule has 0 spiro atoms. The zero-order valence-corrected chi connectivity index (χ0v) is 18.3. The summed E-state index contributed by atoms with van der Waals surface area (Å²) in [5, 5.41) is 7.18. The van der Waals surface area contributed by atoms with Gasteiger partial charge in [0.2, 0.25) is 5.91 Å². The second-order valence-electron chi connectivity index (χ2n) is 7.29. The highest BCUT2D eigenvalue weighted by Crippen LogP contribution is 2.16. The third kappa shape index (κ3) is 6.10. The molecule has 6 nitrogen and oxygen atoms in total. The average Bonchev–Trinajstić information content (AvgIpc) is 3.11. The van der Waals surface area contributed by atoms with Gasteiger partial charge in [-0.1, -0.05) is 78.8 Å². The molecule has 30 heavy (non-hydrogen) atoms. The van der Waals surface area contributed by atoms with Gasteiger partial charge in [-0.15, -0.1) is 5.10 Å². The summed E-state index contributed by atoms with van der Waals surface area (Å²) in [4.78, 5) is 26.9. The van der Waals surface area contributed by atoms with Crippen LogP contribution in [0, 0.1) is 6.92 Å². The maximum Gasteiger partial charge on any atom is 0.343 e. The summed E-state index contributed by atoms with van der Waals surface area (Å²) < 4.78 is 1.61. The van der Waals surface area contributed by atoms with Crippen molar-refractivity contribution < 1.29 is 4.79 Å². The monoisotopic (exact) mass is 424 g/mol. The van der Waals surface area contributed by atoms with Crippen LogP contribution in [0.4, 0.5) is 0 Å². The normalized spacial score (nSPS) is 10.9. The molecule has 1 heterocycles. The number of hydrogen-bond acceptors (Lipinski definition) is 4. The Morgan fingerprint density at radius 1 is 1.10 bits per heavy atom. The summed E-state index contributed by atoms with van der Waals surface area (Å²) in [6.07, 6.45) is 1.63. The van der Waals surface area contributed by atoms with Gasteiger partial charge in [0, 0.05) is 19.6 Å². The van der Waals surface area contributed by atoms with Crippen LogP contribution in [0.5, 0.6) is 0 Å². The first-order chi connectivity index (χ1) is 14.6. The van der Waals surface area contributed by atoms with Gasteiger partial charge >= 0.3 is 5.69 Å². The van der Waals surface area contributed by atoms with Crippen LogP contribution in [0.3, 0.4) is 0 Å². The number of H-pyrrole nitrogens is 1. The minimum atomic E-state index is -0.244. The van der Waals surface area contributed by atoms with E-state index in [-0.39, 0.29) is 17.3 Å². The second kappa shape index (κ2) is 10.8. The van der Waals surface area contributed by atoms with Crippen molar-refractivity contribution in [1.82, 2.24) is 19.7 Å². The minimum absolute atomic E-state index is 0.0486. The molecule has 0 saturated carbocycles. The summed E-state index contributed by atoms with van der Waals surface area (Å²) in [6, 6.07) is 18.3. The Bertz CT molecular complexity index is 996. The van der Waals surface area contributed by atoms with Gasteiger partial charge in [0.15, 0.2) is 5.16 Å². The van der Waals surface area contributed by atoms with E-state index in [0.717, 1.165) is 24.0 Å². The van der Waals surface area contributed by atoms with Crippen LogP contribution in [-0.2, 0) is 24.3 Å². The third-order valence-electron chi connectivity index (χ3n) is 4.86. The number of aromatic nitrogens is 3. The predicted molar refractivity (Wildman–Crippen MR) is 121 cm³/mol. The van der Waals surface area contributed by atoms with E-state index in [9.17, 15) is 9.59 Å². The minimum Gasteiger partial charge on any atom is -0.338 e. The number of benzene rings is 2. The van der Waals surface area contributed by atoms with Gasteiger partial charge < -0.3 is 4.90 Å². The first-order valence-corrected chi connectivity index (χ1v) is 11.2. The van der Waals surface area contributed by atoms with Crippen molar-refractivity contribution in [2.75, 3.05) is 12.3 Å². The molecule has 0 aliphatic carbocycles. The van der Waals surface area contributed by atoms with E-state index in [2.05, 4.69) is 48.3 Å². The number of nitrogens with zero attached hydrogens (tertiary/aromatic N) is 3. The van der Waals surface area contributed by atoms with Crippen LogP contribution in [-0.4, -0.2) is 37.9 Å². The van der Waals surface area contributed by atoms with Crippen molar-refractivity contribution in [3.8, 4) is 0 Å². The smallest absolute Gasteiger partial charge is 0.338 e. The third-order valence-corrected chi connectivity index (χ3v) is 5.82. The van der Waals surface area contributed by atoms with Gasteiger partial charge in [0.1, 0.15) is 0 Å². The Morgan fingerprint density at radius 2 is 1.83 bits per heavy atom. The van der Waals surface area contributed by atoms with Crippen molar-refractivity contribution in [1.29, 1.82) is 0 Å². The van der Waals surface area contributed by atoms with E-state index >= 15 is 0 Å². The fourth-order valence-corrected chi connectivity index (χ4v) is 4.06. The molecule has 158 valence electrons. The fourth-order valence-electron chi connectivity index (χ4n) is 3.19. The van der Waals surface area contributed by atoms with Crippen molar-refractivity contribution in [2.24, 2.45) is 0 Å². The standard InChI is InChI=1S/C23H28N4O2S/c1-3-14-26(16-20-11-9-18(2)10-12-20)21(28)17-30-23-25-24-22(29)27(23)15-13-19-7-5-4-6-8-19/h4-12H,3,13-17H2,1-2H3,(H,24,29). The molecule has 0 aliphatic heterocycles. The fraction of sp³-hybridized carbons (Fsp3) is 0.348. The molecule has 0 fully saturated rings. The number of hydrogen-bond donors (Lipinski definition) is 1. The molecule has 0 unspecified atom stereocenters. The highest BCUT2D eigenvalue weighted by molar-refractivity contribution is 7.99. The number of amides is 1. The zero-order valence-electron chi connectivity index (χ0n) is 17.5. The molecular weight excluding hydrogens is 396 g/mol. The Hall–Kier alpha value is -2.80. The first-order valence-electron chi connectivity index (χ1n) is 10.2. The molecular formula is C23H28N4O2S. The molecule has 0 saturated heterocycles. The van der Waals surface area contributed by atoms with E-state index in [4.69, 9.17) is 0 Å². The Morgan fingerprint density at radius 3 is 2.53 bits per heavy atom. The molecule has 3 aromatic rings. The first kappa shape index (κ1) is 21.9. The summed E-state index contributed by atoms with van der Waals surface area (Å²) in [5.74, 6) is 0.300. The average molecular weight is 425 g/mol. The molecule has 0 aliphatic rings. The number of aromatic amines is 1. The largest absolute Gasteiger partial charge is 0.343 e. The number of aryl methyl sites for hydroxylation is 2. The molecule has 3 rings (SSSR count). The van der Waals surface area contributed by atoms with Gasteiger partial charge in [0.25, 0.3) is 0 Å². The quantitative estimate of drug-likeness (QED) is 0.504. The number of carbonyl (C=O) groups is 1. The molecule has 1 amide bonds. The van der Waals surface area contributed by atoms with E-state index < -0.39 is 0 Å². The number of thioether (sulfide) groups is 1. The maximum atomic E-state index is 12.9. The van der Waals surface area contributed by atoms with Crippen LogP contribution < -0.4 is 5.69 Å². The molecule has 0 atom stereocenters. The molecule has 1 N–H and O–H groups in total. The molecule has 0 radical (unpaired) electrons. The lowest BCUT2D eigenvalue weighted by molar-refractivity contribution is -0.129. The van der Waals surface area contributed by atoms with Gasteiger partial charge in [-0.25, -0.2) is 9.89 Å². The lowest BCUT2D eigenvalue weighted by Gasteiger charge is -2.22. The van der Waals surface area contributed by atoms with Gasteiger partial charge in [-0.2, -0.15) is 0 Å². The summed E-state index contributed by atoms with van der Waals surface area (Å²) in [6.45, 7) is 5.94. The number of rotatable bonds is 10. The molecule has 1 aromatic heterocycles. The summed E-state index contributed by atoms with van der Waals surface area (Å²) in [5.41, 5.74) is 3.23. The predicted octanol–water partition coefficient (Wildman–Crippen LogP) is 3.65. The van der Waals surface area contributed by atoms with Gasteiger partial charge in [0.05, 0.1) is 5.75 Å². The molecule has 7 heteroatoms. The van der Waals surface area contributed by atoms with Crippen LogP contribution >= 0.6 is 11.8 Å². The van der Waals surface area contributed by atoms with Crippen LogP contribution in [0.1, 0.15) is 30.0 Å². The summed E-state index contributed by atoms with van der Waals surface area (Å²) >= 11 is 1.31.